The van der Waals surface area contributed by atoms with Crippen LogP contribution in [0.1, 0.15) is 44.6 Å². The number of halogens is 1. The summed E-state index contributed by atoms with van der Waals surface area (Å²) in [5.41, 5.74) is 7.00. The number of carbonyl (C=O) groups excluding carboxylic acids is 1. The van der Waals surface area contributed by atoms with E-state index in [2.05, 4.69) is 47.5 Å². The molecule has 2 fully saturated rings. The van der Waals surface area contributed by atoms with Gasteiger partial charge >= 0.3 is 0 Å². The molecule has 0 aromatic heterocycles. The van der Waals surface area contributed by atoms with E-state index < -0.39 is 5.54 Å². The van der Waals surface area contributed by atoms with Gasteiger partial charge in [-0.05, 0) is 44.2 Å². The van der Waals surface area contributed by atoms with Crippen molar-refractivity contribution in [2.45, 2.75) is 57.2 Å². The Labute approximate surface area is 151 Å². The number of nitrogens with two attached hydrogens (primary N) is 1. The van der Waals surface area contributed by atoms with E-state index in [-0.39, 0.29) is 24.4 Å². The summed E-state index contributed by atoms with van der Waals surface area (Å²) in [4.78, 5) is 14.9. The Kier molecular flexibility index (Phi) is 6.67. The molecule has 1 saturated heterocycles. The lowest BCUT2D eigenvalue weighted by molar-refractivity contribution is -0.127. The molecule has 2 unspecified atom stereocenters. The smallest absolute Gasteiger partial charge is 0.240 e. The third kappa shape index (κ3) is 4.50. The van der Waals surface area contributed by atoms with Gasteiger partial charge in [0.15, 0.2) is 0 Å². The third-order valence-corrected chi connectivity index (χ3v) is 5.57. The Balaban J connectivity index is 0.00000208. The van der Waals surface area contributed by atoms with Crippen LogP contribution in [0.15, 0.2) is 30.3 Å². The summed E-state index contributed by atoms with van der Waals surface area (Å²) in [6, 6.07) is 10.8. The molecule has 134 valence electrons. The van der Waals surface area contributed by atoms with E-state index in [0.29, 0.717) is 5.92 Å². The van der Waals surface area contributed by atoms with Gasteiger partial charge in [-0.15, -0.1) is 12.4 Å². The number of nitrogens with zero attached hydrogens (tertiary/aromatic N) is 1. The van der Waals surface area contributed by atoms with Gasteiger partial charge in [-0.1, -0.05) is 43.2 Å². The van der Waals surface area contributed by atoms with Gasteiger partial charge in [0.05, 0.1) is 5.54 Å². The summed E-state index contributed by atoms with van der Waals surface area (Å²) in [7, 11) is 0. The summed E-state index contributed by atoms with van der Waals surface area (Å²) in [6.07, 6.45) is 4.96. The Hall–Kier alpha value is -1.10. The van der Waals surface area contributed by atoms with Crippen LogP contribution in [0.3, 0.4) is 0 Å². The largest absolute Gasteiger partial charge is 0.352 e. The molecule has 3 rings (SSSR count). The molecule has 1 saturated carbocycles. The Bertz CT molecular complexity index is 531. The third-order valence-electron chi connectivity index (χ3n) is 5.57. The van der Waals surface area contributed by atoms with Crippen LogP contribution in [0.25, 0.3) is 0 Å². The molecule has 3 N–H and O–H groups in total. The summed E-state index contributed by atoms with van der Waals surface area (Å²) >= 11 is 0. The van der Waals surface area contributed by atoms with Crippen LogP contribution in [0.4, 0.5) is 0 Å². The lowest BCUT2D eigenvalue weighted by atomic mass is 9.95. The van der Waals surface area contributed by atoms with E-state index in [4.69, 9.17) is 5.73 Å². The minimum absolute atomic E-state index is 0. The van der Waals surface area contributed by atoms with Crippen LogP contribution in [0, 0.1) is 5.92 Å². The van der Waals surface area contributed by atoms with Crippen molar-refractivity contribution in [1.29, 1.82) is 0 Å². The first-order valence-corrected chi connectivity index (χ1v) is 8.93. The van der Waals surface area contributed by atoms with Gasteiger partial charge in [0, 0.05) is 19.1 Å². The molecular formula is C19H30ClN3O. The highest BCUT2D eigenvalue weighted by Crippen LogP contribution is 2.28. The molecular weight excluding hydrogens is 322 g/mol. The predicted octanol–water partition coefficient (Wildman–Crippen LogP) is 2.71. The van der Waals surface area contributed by atoms with E-state index in [1.54, 1.807) is 0 Å². The van der Waals surface area contributed by atoms with Gasteiger partial charge in [0.25, 0.3) is 0 Å². The molecule has 1 aromatic rings. The second kappa shape index (κ2) is 8.32. The Morgan fingerprint density at radius 3 is 2.67 bits per heavy atom. The molecule has 0 spiro atoms. The topological polar surface area (TPSA) is 58.4 Å². The molecule has 2 aliphatic rings. The molecule has 4 nitrogen and oxygen atoms in total. The van der Waals surface area contributed by atoms with Crippen LogP contribution in [-0.2, 0) is 11.3 Å². The minimum atomic E-state index is -0.614. The fourth-order valence-corrected chi connectivity index (χ4v) is 3.96. The number of hydrogen-bond donors (Lipinski definition) is 2. The van der Waals surface area contributed by atoms with Gasteiger partial charge in [-0.3, -0.25) is 9.69 Å². The molecule has 5 heteroatoms. The van der Waals surface area contributed by atoms with Crippen molar-refractivity contribution in [3.63, 3.8) is 0 Å². The van der Waals surface area contributed by atoms with Crippen molar-refractivity contribution in [2.75, 3.05) is 13.1 Å². The summed E-state index contributed by atoms with van der Waals surface area (Å²) in [6.45, 7) is 5.28. The Morgan fingerprint density at radius 1 is 1.33 bits per heavy atom. The standard InChI is InChI=1S/C19H29N3O.ClH/c1-15(21-18(23)19(20)10-5-6-11-19)17-9-12-22(14-17)13-16-7-3-2-4-8-16;/h2-4,7-8,15,17H,5-6,9-14,20H2,1H3,(H,21,23);1H. The second-order valence-corrected chi connectivity index (χ2v) is 7.39. The molecule has 1 aromatic carbocycles. The predicted molar refractivity (Wildman–Crippen MR) is 100 cm³/mol. The normalized spacial score (nSPS) is 24.3. The van der Waals surface area contributed by atoms with Crippen molar-refractivity contribution in [2.24, 2.45) is 11.7 Å². The van der Waals surface area contributed by atoms with E-state index >= 15 is 0 Å². The lowest BCUT2D eigenvalue weighted by Gasteiger charge is -2.28. The second-order valence-electron chi connectivity index (χ2n) is 7.39. The summed E-state index contributed by atoms with van der Waals surface area (Å²) in [5, 5.41) is 3.20. The van der Waals surface area contributed by atoms with Gasteiger partial charge in [0.1, 0.15) is 0 Å². The molecule has 1 aliphatic heterocycles. The molecule has 1 amide bonds. The van der Waals surface area contributed by atoms with Crippen molar-refractivity contribution < 1.29 is 4.79 Å². The van der Waals surface area contributed by atoms with E-state index in [1.807, 2.05) is 0 Å². The van der Waals surface area contributed by atoms with E-state index in [9.17, 15) is 4.79 Å². The molecule has 1 aliphatic carbocycles. The van der Waals surface area contributed by atoms with Gasteiger partial charge in [0.2, 0.25) is 5.91 Å². The van der Waals surface area contributed by atoms with Crippen LogP contribution in [0.5, 0.6) is 0 Å². The van der Waals surface area contributed by atoms with Crippen molar-refractivity contribution >= 4 is 18.3 Å². The zero-order chi connectivity index (χ0) is 16.3. The zero-order valence-corrected chi connectivity index (χ0v) is 15.4. The highest BCUT2D eigenvalue weighted by atomic mass is 35.5. The lowest BCUT2D eigenvalue weighted by Crippen LogP contribution is -2.55. The maximum atomic E-state index is 12.5. The van der Waals surface area contributed by atoms with Crippen LogP contribution >= 0.6 is 12.4 Å². The SMILES string of the molecule is CC(NC(=O)C1(N)CCCC1)C1CCN(Cc2ccccc2)C1.Cl. The first-order valence-electron chi connectivity index (χ1n) is 8.93. The monoisotopic (exact) mass is 351 g/mol. The molecule has 0 bridgehead atoms. The van der Waals surface area contributed by atoms with Crippen LogP contribution in [-0.4, -0.2) is 35.5 Å². The van der Waals surface area contributed by atoms with Crippen LogP contribution in [0.2, 0.25) is 0 Å². The van der Waals surface area contributed by atoms with Gasteiger partial charge < -0.3 is 11.1 Å². The maximum absolute atomic E-state index is 12.5. The van der Waals surface area contributed by atoms with Crippen LogP contribution < -0.4 is 11.1 Å². The fraction of sp³-hybridized carbons (Fsp3) is 0.632. The number of amides is 1. The molecule has 0 radical (unpaired) electrons. The van der Waals surface area contributed by atoms with E-state index in [1.165, 1.54) is 5.56 Å². The highest BCUT2D eigenvalue weighted by Gasteiger charge is 2.38. The first kappa shape index (κ1) is 19.2. The first-order chi connectivity index (χ1) is 11.1. The number of nitrogens with one attached hydrogen (secondary N) is 1. The fourth-order valence-electron chi connectivity index (χ4n) is 3.96. The van der Waals surface area contributed by atoms with Gasteiger partial charge in [-0.2, -0.15) is 0 Å². The highest BCUT2D eigenvalue weighted by molar-refractivity contribution is 5.86. The van der Waals surface area contributed by atoms with E-state index in [0.717, 1.165) is 51.7 Å². The minimum Gasteiger partial charge on any atom is -0.352 e. The van der Waals surface area contributed by atoms with Crippen molar-refractivity contribution in [3.8, 4) is 0 Å². The Morgan fingerprint density at radius 2 is 2.00 bits per heavy atom. The van der Waals surface area contributed by atoms with Gasteiger partial charge in [-0.25, -0.2) is 0 Å². The number of benzene rings is 1. The number of carbonyl (C=O) groups is 1. The molecule has 2 atom stereocenters. The molecule has 1 heterocycles. The average Bonchev–Trinajstić information content (AvgIpc) is 3.18. The maximum Gasteiger partial charge on any atom is 0.240 e. The quantitative estimate of drug-likeness (QED) is 0.857. The van der Waals surface area contributed by atoms with Crippen molar-refractivity contribution in [1.82, 2.24) is 10.2 Å². The summed E-state index contributed by atoms with van der Waals surface area (Å²) < 4.78 is 0. The number of hydrogen-bond acceptors (Lipinski definition) is 3. The molecule has 24 heavy (non-hydrogen) atoms. The zero-order valence-electron chi connectivity index (χ0n) is 14.5. The summed E-state index contributed by atoms with van der Waals surface area (Å²) in [5.74, 6) is 0.580. The average molecular weight is 352 g/mol. The number of likely N-dealkylation sites (tertiary alicyclic amines) is 1. The number of rotatable bonds is 5. The van der Waals surface area contributed by atoms with Crippen molar-refractivity contribution in [3.05, 3.63) is 35.9 Å².